The SMILES string of the molecule is CCNc1cnc(C(=O)N2CC3CCC(C2)O3)cn1. The van der Waals surface area contributed by atoms with Crippen LogP contribution in [-0.4, -0.2) is 52.6 Å². The zero-order chi connectivity index (χ0) is 13.2. The smallest absolute Gasteiger partial charge is 0.274 e. The molecule has 2 atom stereocenters. The lowest BCUT2D eigenvalue weighted by Crippen LogP contribution is -2.46. The van der Waals surface area contributed by atoms with Crippen molar-refractivity contribution >= 4 is 11.7 Å². The van der Waals surface area contributed by atoms with Gasteiger partial charge >= 0.3 is 0 Å². The number of morpholine rings is 1. The largest absolute Gasteiger partial charge is 0.371 e. The van der Waals surface area contributed by atoms with Gasteiger partial charge in [-0.25, -0.2) is 9.97 Å². The highest BCUT2D eigenvalue weighted by Gasteiger charge is 2.36. The van der Waals surface area contributed by atoms with Gasteiger partial charge in [-0.3, -0.25) is 4.79 Å². The van der Waals surface area contributed by atoms with Gasteiger partial charge in [0.1, 0.15) is 11.5 Å². The van der Waals surface area contributed by atoms with Crippen molar-refractivity contribution in [1.82, 2.24) is 14.9 Å². The van der Waals surface area contributed by atoms with Crippen molar-refractivity contribution in [3.63, 3.8) is 0 Å². The van der Waals surface area contributed by atoms with Crippen LogP contribution < -0.4 is 5.32 Å². The number of anilines is 1. The Kier molecular flexibility index (Phi) is 3.33. The van der Waals surface area contributed by atoms with Crippen molar-refractivity contribution in [2.75, 3.05) is 25.0 Å². The van der Waals surface area contributed by atoms with E-state index in [2.05, 4.69) is 15.3 Å². The minimum Gasteiger partial charge on any atom is -0.371 e. The topological polar surface area (TPSA) is 67.4 Å². The van der Waals surface area contributed by atoms with E-state index in [1.807, 2.05) is 11.8 Å². The Hall–Kier alpha value is -1.69. The molecule has 19 heavy (non-hydrogen) atoms. The van der Waals surface area contributed by atoms with Crippen LogP contribution in [0.4, 0.5) is 5.82 Å². The van der Waals surface area contributed by atoms with Gasteiger partial charge in [-0.05, 0) is 19.8 Å². The maximum atomic E-state index is 12.3. The molecular weight excluding hydrogens is 244 g/mol. The van der Waals surface area contributed by atoms with Crippen molar-refractivity contribution in [2.45, 2.75) is 32.0 Å². The van der Waals surface area contributed by atoms with Crippen LogP contribution in [0.25, 0.3) is 0 Å². The summed E-state index contributed by atoms with van der Waals surface area (Å²) >= 11 is 0. The maximum absolute atomic E-state index is 12.3. The zero-order valence-corrected chi connectivity index (χ0v) is 11.0. The van der Waals surface area contributed by atoms with E-state index >= 15 is 0 Å². The molecule has 0 aromatic carbocycles. The highest BCUT2D eigenvalue weighted by Crippen LogP contribution is 2.26. The number of aromatic nitrogens is 2. The minimum absolute atomic E-state index is 0.0456. The molecule has 1 aromatic rings. The van der Waals surface area contributed by atoms with Crippen LogP contribution >= 0.6 is 0 Å². The molecule has 2 fully saturated rings. The molecule has 2 aliphatic heterocycles. The van der Waals surface area contributed by atoms with Crippen LogP contribution in [0.5, 0.6) is 0 Å². The fraction of sp³-hybridized carbons (Fsp3) is 0.615. The fourth-order valence-corrected chi connectivity index (χ4v) is 2.65. The summed E-state index contributed by atoms with van der Waals surface area (Å²) < 4.78 is 5.72. The van der Waals surface area contributed by atoms with E-state index in [4.69, 9.17) is 4.74 Å². The van der Waals surface area contributed by atoms with Crippen molar-refractivity contribution in [2.24, 2.45) is 0 Å². The van der Waals surface area contributed by atoms with Crippen LogP contribution in [0.1, 0.15) is 30.3 Å². The van der Waals surface area contributed by atoms with Gasteiger partial charge in [0.25, 0.3) is 5.91 Å². The van der Waals surface area contributed by atoms with Crippen molar-refractivity contribution in [3.05, 3.63) is 18.1 Å². The first-order valence-electron chi connectivity index (χ1n) is 6.77. The number of nitrogens with one attached hydrogen (secondary N) is 1. The number of ether oxygens (including phenoxy) is 1. The van der Waals surface area contributed by atoms with Crippen molar-refractivity contribution in [1.29, 1.82) is 0 Å². The van der Waals surface area contributed by atoms with Crippen molar-refractivity contribution in [3.8, 4) is 0 Å². The molecule has 6 nitrogen and oxygen atoms in total. The Morgan fingerprint density at radius 1 is 1.37 bits per heavy atom. The molecule has 102 valence electrons. The number of rotatable bonds is 3. The van der Waals surface area contributed by atoms with Gasteiger partial charge in [0, 0.05) is 19.6 Å². The van der Waals surface area contributed by atoms with Gasteiger partial charge < -0.3 is 15.0 Å². The zero-order valence-electron chi connectivity index (χ0n) is 11.0. The number of nitrogens with zero attached hydrogens (tertiary/aromatic N) is 3. The second kappa shape index (κ2) is 5.13. The van der Waals surface area contributed by atoms with Gasteiger partial charge in [0.15, 0.2) is 0 Å². The lowest BCUT2D eigenvalue weighted by Gasteiger charge is -2.31. The number of amides is 1. The molecule has 2 bridgehead atoms. The molecule has 0 spiro atoms. The van der Waals surface area contributed by atoms with Crippen LogP contribution in [0, 0.1) is 0 Å². The third-order valence-corrected chi connectivity index (χ3v) is 3.56. The summed E-state index contributed by atoms with van der Waals surface area (Å²) in [5, 5.41) is 3.06. The third-order valence-electron chi connectivity index (χ3n) is 3.56. The van der Waals surface area contributed by atoms with Gasteiger partial charge in [0.05, 0.1) is 24.6 Å². The quantitative estimate of drug-likeness (QED) is 0.877. The number of carbonyl (C=O) groups is 1. The van der Waals surface area contributed by atoms with Crippen LogP contribution in [0.3, 0.4) is 0 Å². The molecule has 0 saturated carbocycles. The normalized spacial score (nSPS) is 25.4. The Labute approximate surface area is 112 Å². The van der Waals surface area contributed by atoms with Gasteiger partial charge in [-0.2, -0.15) is 0 Å². The monoisotopic (exact) mass is 262 g/mol. The Morgan fingerprint density at radius 3 is 2.68 bits per heavy atom. The summed E-state index contributed by atoms with van der Waals surface area (Å²) in [6.07, 6.45) is 5.66. The van der Waals surface area contributed by atoms with Gasteiger partial charge in [0.2, 0.25) is 0 Å². The summed E-state index contributed by atoms with van der Waals surface area (Å²) in [4.78, 5) is 22.5. The third kappa shape index (κ3) is 2.53. The molecule has 3 rings (SSSR count). The molecule has 1 amide bonds. The molecular formula is C13H18N4O2. The Balaban J connectivity index is 1.69. The van der Waals surface area contributed by atoms with Crippen LogP contribution in [0.2, 0.25) is 0 Å². The predicted molar refractivity (Wildman–Crippen MR) is 70.0 cm³/mol. The molecule has 0 aliphatic carbocycles. The molecule has 2 saturated heterocycles. The van der Waals surface area contributed by atoms with E-state index in [9.17, 15) is 4.79 Å². The minimum atomic E-state index is -0.0456. The predicted octanol–water partition coefficient (Wildman–Crippen LogP) is 0.912. The maximum Gasteiger partial charge on any atom is 0.274 e. The highest BCUT2D eigenvalue weighted by atomic mass is 16.5. The number of fused-ring (bicyclic) bond motifs is 2. The van der Waals surface area contributed by atoms with E-state index in [1.165, 1.54) is 6.20 Å². The number of likely N-dealkylation sites (tertiary alicyclic amines) is 1. The molecule has 6 heteroatoms. The van der Waals surface area contributed by atoms with Crippen molar-refractivity contribution < 1.29 is 9.53 Å². The molecule has 1 aromatic heterocycles. The summed E-state index contributed by atoms with van der Waals surface area (Å²) in [5.74, 6) is 0.650. The summed E-state index contributed by atoms with van der Waals surface area (Å²) in [6, 6.07) is 0. The first-order chi connectivity index (χ1) is 9.26. The standard InChI is InChI=1S/C13H18N4O2/c1-2-14-12-6-15-11(5-16-12)13(18)17-7-9-3-4-10(8-17)19-9/h5-6,9-10H,2-4,7-8H2,1H3,(H,14,16). The second-order valence-electron chi connectivity index (χ2n) is 4.98. The Morgan fingerprint density at radius 2 is 2.11 bits per heavy atom. The number of carbonyl (C=O) groups excluding carboxylic acids is 1. The average molecular weight is 262 g/mol. The molecule has 1 N–H and O–H groups in total. The van der Waals surface area contributed by atoms with E-state index in [0.717, 1.165) is 19.4 Å². The van der Waals surface area contributed by atoms with E-state index in [-0.39, 0.29) is 18.1 Å². The van der Waals surface area contributed by atoms with E-state index in [0.29, 0.717) is 24.6 Å². The summed E-state index contributed by atoms with van der Waals surface area (Å²) in [6.45, 7) is 4.12. The number of hydrogen-bond donors (Lipinski definition) is 1. The molecule has 3 heterocycles. The van der Waals surface area contributed by atoms with Gasteiger partial charge in [-0.1, -0.05) is 0 Å². The molecule has 0 radical (unpaired) electrons. The first-order valence-corrected chi connectivity index (χ1v) is 6.77. The van der Waals surface area contributed by atoms with E-state index < -0.39 is 0 Å². The first kappa shape index (κ1) is 12.3. The second-order valence-corrected chi connectivity index (χ2v) is 4.98. The summed E-state index contributed by atoms with van der Waals surface area (Å²) in [5.41, 5.74) is 0.406. The average Bonchev–Trinajstić information content (AvgIpc) is 2.78. The summed E-state index contributed by atoms with van der Waals surface area (Å²) in [7, 11) is 0. The molecule has 2 aliphatic rings. The van der Waals surface area contributed by atoms with E-state index in [1.54, 1.807) is 6.20 Å². The van der Waals surface area contributed by atoms with Gasteiger partial charge in [-0.15, -0.1) is 0 Å². The highest BCUT2D eigenvalue weighted by molar-refractivity contribution is 5.92. The fourth-order valence-electron chi connectivity index (χ4n) is 2.65. The number of hydrogen-bond acceptors (Lipinski definition) is 5. The van der Waals surface area contributed by atoms with Crippen LogP contribution in [-0.2, 0) is 4.74 Å². The lowest BCUT2D eigenvalue weighted by molar-refractivity contribution is -0.0305. The lowest BCUT2D eigenvalue weighted by atomic mass is 10.2. The molecule has 2 unspecified atom stereocenters. The van der Waals surface area contributed by atoms with Crippen LogP contribution in [0.15, 0.2) is 12.4 Å². The Bertz CT molecular complexity index is 450.